The third-order valence-corrected chi connectivity index (χ3v) is 4.77. The first-order chi connectivity index (χ1) is 9.85. The van der Waals surface area contributed by atoms with E-state index in [2.05, 4.69) is 10.2 Å². The van der Waals surface area contributed by atoms with Gasteiger partial charge in [0.25, 0.3) is 0 Å². The Kier molecular flexibility index (Phi) is 5.54. The highest BCUT2D eigenvalue weighted by molar-refractivity contribution is 7.99. The molecule has 6 heteroatoms. The van der Waals surface area contributed by atoms with Gasteiger partial charge >= 0.3 is 0 Å². The lowest BCUT2D eigenvalue weighted by Crippen LogP contribution is -2.46. The van der Waals surface area contributed by atoms with Crippen LogP contribution in [0.4, 0.5) is 0 Å². The van der Waals surface area contributed by atoms with Gasteiger partial charge in [-0.05, 0) is 33.7 Å². The lowest BCUT2D eigenvalue weighted by atomic mass is 10.1. The van der Waals surface area contributed by atoms with Crippen LogP contribution >= 0.6 is 11.8 Å². The number of hydrogen-bond donors (Lipinski definition) is 1. The van der Waals surface area contributed by atoms with Crippen LogP contribution in [0.25, 0.3) is 0 Å². The zero-order chi connectivity index (χ0) is 15.5. The maximum absolute atomic E-state index is 12.4. The van der Waals surface area contributed by atoms with E-state index in [0.717, 1.165) is 44.1 Å². The van der Waals surface area contributed by atoms with E-state index in [9.17, 15) is 9.59 Å². The number of amides is 2. The van der Waals surface area contributed by atoms with Crippen molar-refractivity contribution in [2.24, 2.45) is 5.92 Å². The van der Waals surface area contributed by atoms with Crippen LogP contribution in [0.15, 0.2) is 0 Å². The molecule has 0 spiro atoms. The third kappa shape index (κ3) is 5.18. The van der Waals surface area contributed by atoms with Gasteiger partial charge in [0.1, 0.15) is 0 Å². The van der Waals surface area contributed by atoms with E-state index in [-0.39, 0.29) is 23.3 Å². The van der Waals surface area contributed by atoms with E-state index in [1.165, 1.54) is 0 Å². The predicted molar refractivity (Wildman–Crippen MR) is 86.3 cm³/mol. The minimum atomic E-state index is -0.197. The predicted octanol–water partition coefficient (Wildman–Crippen LogP) is 0.798. The summed E-state index contributed by atoms with van der Waals surface area (Å²) in [4.78, 5) is 28.5. The Labute approximate surface area is 131 Å². The summed E-state index contributed by atoms with van der Waals surface area (Å²) in [5, 5.41) is 2.97. The van der Waals surface area contributed by atoms with Gasteiger partial charge in [0, 0.05) is 36.7 Å². The van der Waals surface area contributed by atoms with Crippen molar-refractivity contribution in [2.45, 2.75) is 32.7 Å². The molecule has 1 unspecified atom stereocenters. The molecular formula is C15H27N3O2S. The van der Waals surface area contributed by atoms with Crippen LogP contribution in [0.1, 0.15) is 27.2 Å². The topological polar surface area (TPSA) is 52.7 Å². The van der Waals surface area contributed by atoms with E-state index < -0.39 is 0 Å². The molecule has 2 aliphatic heterocycles. The van der Waals surface area contributed by atoms with E-state index in [1.807, 2.05) is 37.4 Å². The highest BCUT2D eigenvalue weighted by Gasteiger charge is 2.32. The van der Waals surface area contributed by atoms with Gasteiger partial charge in [-0.1, -0.05) is 0 Å². The summed E-state index contributed by atoms with van der Waals surface area (Å²) in [6.07, 6.45) is 0.880. The quantitative estimate of drug-likeness (QED) is 0.837. The Morgan fingerprint density at radius 2 is 1.86 bits per heavy atom. The molecule has 2 fully saturated rings. The van der Waals surface area contributed by atoms with Gasteiger partial charge in [0.15, 0.2) is 0 Å². The van der Waals surface area contributed by atoms with Gasteiger partial charge in [-0.2, -0.15) is 11.8 Å². The summed E-state index contributed by atoms with van der Waals surface area (Å²) in [5.41, 5.74) is -0.197. The highest BCUT2D eigenvalue weighted by atomic mass is 32.2. The molecule has 2 heterocycles. The molecule has 1 atom stereocenters. The van der Waals surface area contributed by atoms with Crippen molar-refractivity contribution >= 4 is 23.6 Å². The number of thioether (sulfide) groups is 1. The molecule has 0 aromatic heterocycles. The molecule has 0 aromatic carbocycles. The van der Waals surface area contributed by atoms with Gasteiger partial charge in [0.05, 0.1) is 12.5 Å². The summed E-state index contributed by atoms with van der Waals surface area (Å²) in [6, 6.07) is 0. The summed E-state index contributed by atoms with van der Waals surface area (Å²) < 4.78 is 0. The number of carbonyl (C=O) groups excluding carboxylic acids is 2. The first-order valence-electron chi connectivity index (χ1n) is 7.75. The van der Waals surface area contributed by atoms with Gasteiger partial charge < -0.3 is 10.2 Å². The molecule has 2 saturated heterocycles. The number of nitrogens with zero attached hydrogens (tertiary/aromatic N) is 2. The van der Waals surface area contributed by atoms with Gasteiger partial charge in [0.2, 0.25) is 11.8 Å². The van der Waals surface area contributed by atoms with Gasteiger partial charge in [-0.15, -0.1) is 0 Å². The van der Waals surface area contributed by atoms with Crippen molar-refractivity contribution in [3.8, 4) is 0 Å². The van der Waals surface area contributed by atoms with E-state index >= 15 is 0 Å². The minimum absolute atomic E-state index is 0.0463. The smallest absolute Gasteiger partial charge is 0.234 e. The van der Waals surface area contributed by atoms with Crippen molar-refractivity contribution < 1.29 is 9.59 Å². The molecule has 2 rings (SSSR count). The summed E-state index contributed by atoms with van der Waals surface area (Å²) in [6.45, 7) is 9.67. The van der Waals surface area contributed by atoms with E-state index in [0.29, 0.717) is 6.54 Å². The lowest BCUT2D eigenvalue weighted by Gasteiger charge is -2.29. The van der Waals surface area contributed by atoms with Crippen LogP contribution in [-0.4, -0.2) is 71.4 Å². The Hall–Kier alpha value is -0.750. The maximum atomic E-state index is 12.4. The standard InChI is InChI=1S/C15H27N3O2S/c1-15(2,3)16-13(19)11-17-5-4-12(10-17)14(20)18-6-8-21-9-7-18/h12H,4-11H2,1-3H3,(H,16,19). The van der Waals surface area contributed by atoms with Crippen LogP contribution in [0.3, 0.4) is 0 Å². The minimum Gasteiger partial charge on any atom is -0.350 e. The van der Waals surface area contributed by atoms with Crippen molar-refractivity contribution in [2.75, 3.05) is 44.2 Å². The average molecular weight is 313 g/mol. The van der Waals surface area contributed by atoms with Crippen LogP contribution in [0, 0.1) is 5.92 Å². The molecule has 2 aliphatic rings. The Bertz CT molecular complexity index is 389. The summed E-state index contributed by atoms with van der Waals surface area (Å²) in [7, 11) is 0. The second-order valence-electron chi connectivity index (χ2n) is 6.96. The molecule has 1 N–H and O–H groups in total. The molecule has 21 heavy (non-hydrogen) atoms. The number of rotatable bonds is 3. The van der Waals surface area contributed by atoms with Crippen LogP contribution in [-0.2, 0) is 9.59 Å². The van der Waals surface area contributed by atoms with E-state index in [1.54, 1.807) is 0 Å². The molecular weight excluding hydrogens is 286 g/mol. The molecule has 5 nitrogen and oxygen atoms in total. The normalized spacial score (nSPS) is 24.1. The molecule has 0 radical (unpaired) electrons. The molecule has 2 amide bonds. The zero-order valence-corrected chi connectivity index (χ0v) is 14.2. The first kappa shape index (κ1) is 16.6. The largest absolute Gasteiger partial charge is 0.350 e. The van der Waals surface area contributed by atoms with Crippen LogP contribution < -0.4 is 5.32 Å². The number of nitrogens with one attached hydrogen (secondary N) is 1. The second-order valence-corrected chi connectivity index (χ2v) is 8.18. The fourth-order valence-corrected chi connectivity index (χ4v) is 3.78. The lowest BCUT2D eigenvalue weighted by molar-refractivity contribution is -0.135. The monoisotopic (exact) mass is 313 g/mol. The number of carbonyl (C=O) groups is 2. The summed E-state index contributed by atoms with van der Waals surface area (Å²) >= 11 is 1.92. The molecule has 120 valence electrons. The first-order valence-corrected chi connectivity index (χ1v) is 8.90. The fraction of sp³-hybridized carbons (Fsp3) is 0.867. The highest BCUT2D eigenvalue weighted by Crippen LogP contribution is 2.20. The molecule has 0 saturated carbocycles. The van der Waals surface area contributed by atoms with E-state index in [4.69, 9.17) is 0 Å². The Morgan fingerprint density at radius 1 is 1.19 bits per heavy atom. The second kappa shape index (κ2) is 7.01. The number of hydrogen-bond acceptors (Lipinski definition) is 4. The van der Waals surface area contributed by atoms with Crippen molar-refractivity contribution in [1.29, 1.82) is 0 Å². The van der Waals surface area contributed by atoms with Gasteiger partial charge in [-0.3, -0.25) is 14.5 Å². The van der Waals surface area contributed by atoms with Crippen molar-refractivity contribution in [3.63, 3.8) is 0 Å². The molecule has 0 aliphatic carbocycles. The Morgan fingerprint density at radius 3 is 2.48 bits per heavy atom. The molecule has 0 bridgehead atoms. The number of likely N-dealkylation sites (tertiary alicyclic amines) is 1. The van der Waals surface area contributed by atoms with Crippen LogP contribution in [0.5, 0.6) is 0 Å². The zero-order valence-electron chi connectivity index (χ0n) is 13.4. The maximum Gasteiger partial charge on any atom is 0.234 e. The van der Waals surface area contributed by atoms with Crippen LogP contribution in [0.2, 0.25) is 0 Å². The summed E-state index contributed by atoms with van der Waals surface area (Å²) in [5.74, 6) is 2.52. The van der Waals surface area contributed by atoms with Crippen molar-refractivity contribution in [3.05, 3.63) is 0 Å². The SMILES string of the molecule is CC(C)(C)NC(=O)CN1CCC(C(=O)N2CCSCC2)C1. The molecule has 0 aromatic rings. The third-order valence-electron chi connectivity index (χ3n) is 3.83. The average Bonchev–Trinajstić information content (AvgIpc) is 2.85. The Balaban J connectivity index is 1.77. The fourth-order valence-electron chi connectivity index (χ4n) is 2.88. The van der Waals surface area contributed by atoms with Gasteiger partial charge in [-0.25, -0.2) is 0 Å². The van der Waals surface area contributed by atoms with Crippen molar-refractivity contribution in [1.82, 2.24) is 15.1 Å².